The number of amidine groups is 1. The molecule has 1 saturated carbocycles. The molecule has 2 aromatic carbocycles. The van der Waals surface area contributed by atoms with Crippen molar-refractivity contribution in [1.82, 2.24) is 0 Å². The molecule has 1 fully saturated rings. The van der Waals surface area contributed by atoms with Crippen LogP contribution in [0.5, 0.6) is 5.75 Å². The number of benzene rings is 2. The molecule has 0 radical (unpaired) electrons. The van der Waals surface area contributed by atoms with Crippen molar-refractivity contribution in [3.8, 4) is 5.75 Å². The van der Waals surface area contributed by atoms with Crippen molar-refractivity contribution < 1.29 is 5.11 Å². The predicted octanol–water partition coefficient (Wildman–Crippen LogP) is 3.23. The topological polar surface area (TPSA) is 122 Å². The lowest BCUT2D eigenvalue weighted by Gasteiger charge is -2.01. The van der Waals surface area contributed by atoms with Crippen molar-refractivity contribution in [2.45, 2.75) is 25.8 Å². The second-order valence-corrected chi connectivity index (χ2v) is 5.52. The van der Waals surface area contributed by atoms with Crippen molar-refractivity contribution in [3.63, 3.8) is 0 Å². The standard InChI is InChI=1S/C7H8ClN.C7H9N3O.C3H6/c8-7-3-1-6(5-9)2-4-7;8-4-1-2-5(7(9)10)6(11)3-4;1-2-3-1/h1-4H,5,9H2;1-3,11H,8H2,(H3,9,10);1-3H2. The van der Waals surface area contributed by atoms with Crippen LogP contribution >= 0.6 is 11.6 Å². The van der Waals surface area contributed by atoms with Gasteiger partial charge in [0.15, 0.2) is 0 Å². The van der Waals surface area contributed by atoms with Gasteiger partial charge in [0, 0.05) is 23.3 Å². The Balaban J connectivity index is 0.000000197. The molecule has 0 unspecified atom stereocenters. The highest BCUT2D eigenvalue weighted by atomic mass is 35.5. The molecule has 0 saturated heterocycles. The maximum absolute atomic E-state index is 9.16. The van der Waals surface area contributed by atoms with Crippen LogP contribution in [0.2, 0.25) is 5.02 Å². The van der Waals surface area contributed by atoms with Crippen molar-refractivity contribution in [3.05, 3.63) is 58.6 Å². The molecular weight excluding hydrogens is 312 g/mol. The number of phenols is 1. The van der Waals surface area contributed by atoms with E-state index in [0.29, 0.717) is 17.8 Å². The fourth-order valence-corrected chi connectivity index (χ4v) is 1.52. The third-order valence-corrected chi connectivity index (χ3v) is 3.07. The van der Waals surface area contributed by atoms with E-state index >= 15 is 0 Å². The van der Waals surface area contributed by atoms with Crippen molar-refractivity contribution in [2.75, 3.05) is 5.73 Å². The summed E-state index contributed by atoms with van der Waals surface area (Å²) in [6.07, 6.45) is 4.50. The number of anilines is 1. The van der Waals surface area contributed by atoms with Crippen molar-refractivity contribution in [1.29, 1.82) is 5.41 Å². The molecule has 3 rings (SSSR count). The molecule has 1 aliphatic rings. The minimum absolute atomic E-state index is 0.0579. The van der Waals surface area contributed by atoms with Crippen LogP contribution in [0.4, 0.5) is 5.69 Å². The number of nitrogens with two attached hydrogens (primary N) is 3. The zero-order valence-electron chi connectivity index (χ0n) is 12.9. The van der Waals surface area contributed by atoms with E-state index in [-0.39, 0.29) is 11.6 Å². The van der Waals surface area contributed by atoms with Gasteiger partial charge in [0.05, 0.1) is 5.56 Å². The number of rotatable bonds is 2. The van der Waals surface area contributed by atoms with Crippen LogP contribution in [0.3, 0.4) is 0 Å². The van der Waals surface area contributed by atoms with Gasteiger partial charge >= 0.3 is 0 Å². The van der Waals surface area contributed by atoms with Crippen molar-refractivity contribution >= 4 is 23.1 Å². The number of nitrogens with one attached hydrogen (secondary N) is 1. The molecule has 0 amide bonds. The van der Waals surface area contributed by atoms with Crippen LogP contribution in [-0.2, 0) is 6.54 Å². The minimum atomic E-state index is -0.164. The normalized spacial score (nSPS) is 11.4. The lowest BCUT2D eigenvalue weighted by Crippen LogP contribution is -2.11. The van der Waals surface area contributed by atoms with E-state index < -0.39 is 0 Å². The van der Waals surface area contributed by atoms with Gasteiger partial charge in [-0.25, -0.2) is 0 Å². The largest absolute Gasteiger partial charge is 0.507 e. The molecule has 1 aliphatic carbocycles. The molecule has 0 aromatic heterocycles. The summed E-state index contributed by atoms with van der Waals surface area (Å²) >= 11 is 5.63. The smallest absolute Gasteiger partial charge is 0.128 e. The average Bonchev–Trinajstić information content (AvgIpc) is 3.37. The number of hydrogen-bond acceptors (Lipinski definition) is 4. The average molecular weight is 335 g/mol. The molecule has 2 aromatic rings. The van der Waals surface area contributed by atoms with Crippen LogP contribution in [0, 0.1) is 5.41 Å². The van der Waals surface area contributed by atoms with Crippen LogP contribution in [0.15, 0.2) is 42.5 Å². The third-order valence-electron chi connectivity index (χ3n) is 2.81. The molecule has 124 valence electrons. The zero-order chi connectivity index (χ0) is 17.2. The van der Waals surface area contributed by atoms with E-state index in [2.05, 4.69) is 0 Å². The zero-order valence-corrected chi connectivity index (χ0v) is 13.7. The Kier molecular flexibility index (Phi) is 7.94. The number of phenolic OH excluding ortho intramolecular Hbond substituents is 1. The van der Waals surface area contributed by atoms with Gasteiger partial charge in [-0.2, -0.15) is 0 Å². The summed E-state index contributed by atoms with van der Waals surface area (Å²) in [5.41, 5.74) is 17.7. The molecule has 0 atom stereocenters. The predicted molar refractivity (Wildman–Crippen MR) is 96.7 cm³/mol. The monoisotopic (exact) mass is 334 g/mol. The molecule has 5 nitrogen and oxygen atoms in total. The van der Waals surface area contributed by atoms with Gasteiger partial charge in [0.1, 0.15) is 11.6 Å². The van der Waals surface area contributed by atoms with Crippen molar-refractivity contribution in [2.24, 2.45) is 11.5 Å². The number of hydrogen-bond donors (Lipinski definition) is 5. The second kappa shape index (κ2) is 9.71. The first kappa shape index (κ1) is 18.8. The molecule has 0 heterocycles. The summed E-state index contributed by atoms with van der Waals surface area (Å²) < 4.78 is 0. The first-order valence-corrected chi connectivity index (χ1v) is 7.69. The van der Waals surface area contributed by atoms with Gasteiger partial charge in [-0.3, -0.25) is 5.41 Å². The molecule has 0 bridgehead atoms. The van der Waals surface area contributed by atoms with Crippen LogP contribution in [0.1, 0.15) is 30.4 Å². The van der Waals surface area contributed by atoms with Crippen LogP contribution < -0.4 is 17.2 Å². The van der Waals surface area contributed by atoms with E-state index in [0.717, 1.165) is 10.6 Å². The maximum Gasteiger partial charge on any atom is 0.128 e. The summed E-state index contributed by atoms with van der Waals surface area (Å²) in [6.45, 7) is 0.581. The van der Waals surface area contributed by atoms with Gasteiger partial charge < -0.3 is 22.3 Å². The Morgan fingerprint density at radius 3 is 2.04 bits per heavy atom. The second-order valence-electron chi connectivity index (χ2n) is 5.08. The first-order chi connectivity index (χ1) is 10.9. The Bertz CT molecular complexity index is 624. The van der Waals surface area contributed by atoms with Gasteiger partial charge in [0.2, 0.25) is 0 Å². The maximum atomic E-state index is 9.16. The first-order valence-electron chi connectivity index (χ1n) is 7.31. The number of aromatic hydroxyl groups is 1. The van der Waals surface area contributed by atoms with E-state index in [4.69, 9.17) is 39.3 Å². The van der Waals surface area contributed by atoms with E-state index in [1.54, 1.807) is 6.07 Å². The van der Waals surface area contributed by atoms with Crippen LogP contribution in [0.25, 0.3) is 0 Å². The van der Waals surface area contributed by atoms with E-state index in [1.165, 1.54) is 31.4 Å². The van der Waals surface area contributed by atoms with Gasteiger partial charge in [-0.05, 0) is 29.8 Å². The Morgan fingerprint density at radius 2 is 1.65 bits per heavy atom. The third kappa shape index (κ3) is 8.09. The highest BCUT2D eigenvalue weighted by Crippen LogP contribution is 2.18. The lowest BCUT2D eigenvalue weighted by atomic mass is 10.1. The molecule has 8 N–H and O–H groups in total. The Hall–Kier alpha value is -2.24. The van der Waals surface area contributed by atoms with E-state index in [9.17, 15) is 0 Å². The summed E-state index contributed by atoms with van der Waals surface area (Å²) in [5.74, 6) is -0.222. The summed E-state index contributed by atoms with van der Waals surface area (Å²) in [7, 11) is 0. The van der Waals surface area contributed by atoms with E-state index in [1.807, 2.05) is 24.3 Å². The quantitative estimate of drug-likeness (QED) is 0.328. The number of halogens is 1. The lowest BCUT2D eigenvalue weighted by molar-refractivity contribution is 0.474. The molecule has 0 aliphatic heterocycles. The molecular formula is C17H23ClN4O. The summed E-state index contributed by atoms with van der Waals surface area (Å²) in [5, 5.41) is 16.9. The van der Waals surface area contributed by atoms with Gasteiger partial charge in [-0.15, -0.1) is 0 Å². The fraction of sp³-hybridized carbons (Fsp3) is 0.235. The molecule has 23 heavy (non-hydrogen) atoms. The highest BCUT2D eigenvalue weighted by Gasteiger charge is 2.02. The Labute approximate surface area is 141 Å². The summed E-state index contributed by atoms with van der Waals surface area (Å²) in [6, 6.07) is 12.0. The van der Waals surface area contributed by atoms with Crippen LogP contribution in [-0.4, -0.2) is 10.9 Å². The Morgan fingerprint density at radius 1 is 1.09 bits per heavy atom. The highest BCUT2D eigenvalue weighted by molar-refractivity contribution is 6.30. The minimum Gasteiger partial charge on any atom is -0.507 e. The van der Waals surface area contributed by atoms with Gasteiger partial charge in [-0.1, -0.05) is 43.0 Å². The fourth-order valence-electron chi connectivity index (χ4n) is 1.40. The van der Waals surface area contributed by atoms with Gasteiger partial charge in [0.25, 0.3) is 0 Å². The summed E-state index contributed by atoms with van der Waals surface area (Å²) in [4.78, 5) is 0. The molecule has 6 heteroatoms. The molecule has 0 spiro atoms. The number of nitrogen functional groups attached to an aromatic ring is 2. The SMILES string of the molecule is C1CC1.N=C(N)c1ccc(N)cc1O.NCc1ccc(Cl)cc1.